The van der Waals surface area contributed by atoms with Crippen molar-refractivity contribution in [3.8, 4) is 11.3 Å². The Bertz CT molecular complexity index is 1140. The van der Waals surface area contributed by atoms with Crippen molar-refractivity contribution in [3.63, 3.8) is 0 Å². The van der Waals surface area contributed by atoms with E-state index in [2.05, 4.69) is 9.97 Å². The number of benzene rings is 1. The molecule has 12 heteroatoms. The normalized spacial score (nSPS) is 10.2. The summed E-state index contributed by atoms with van der Waals surface area (Å²) in [5.74, 6) is -2.94. The molecule has 3 aromatic rings. The van der Waals surface area contributed by atoms with Crippen LogP contribution in [0.1, 0.15) is 20.7 Å². The van der Waals surface area contributed by atoms with Crippen molar-refractivity contribution in [1.82, 2.24) is 9.97 Å². The molecule has 2 N–H and O–H groups in total. The van der Waals surface area contributed by atoms with E-state index in [1.165, 1.54) is 18.2 Å². The van der Waals surface area contributed by atoms with Crippen LogP contribution in [0.15, 0.2) is 36.4 Å². The molecule has 30 heavy (non-hydrogen) atoms. The average Bonchev–Trinajstić information content (AvgIpc) is 2.67. The van der Waals surface area contributed by atoms with Crippen molar-refractivity contribution in [2.24, 2.45) is 0 Å². The molecule has 1 aromatic carbocycles. The van der Waals surface area contributed by atoms with Gasteiger partial charge in [0, 0.05) is 5.56 Å². The highest BCUT2D eigenvalue weighted by atomic mass is 35.5. The zero-order valence-electron chi connectivity index (χ0n) is 14.3. The molecule has 0 saturated carbocycles. The van der Waals surface area contributed by atoms with Gasteiger partial charge in [0.25, 0.3) is 0 Å². The molecule has 0 unspecified atom stereocenters. The minimum Gasteiger partial charge on any atom is -0.478 e. The molecule has 0 amide bonds. The minimum atomic E-state index is -1.24. The van der Waals surface area contributed by atoms with E-state index in [9.17, 15) is 14.0 Å². The Hall–Kier alpha value is -2.16. The Morgan fingerprint density at radius 3 is 1.80 bits per heavy atom. The number of rotatable bonds is 3. The molecule has 0 spiro atoms. The number of hydrogen-bond acceptors (Lipinski definition) is 4. The van der Waals surface area contributed by atoms with Gasteiger partial charge in [-0.15, -0.1) is 0 Å². The molecule has 0 radical (unpaired) electrons. The van der Waals surface area contributed by atoms with Gasteiger partial charge in [0.05, 0.1) is 26.9 Å². The van der Waals surface area contributed by atoms with Crippen LogP contribution in [0, 0.1) is 5.82 Å². The number of nitrogens with zero attached hydrogens (tertiary/aromatic N) is 2. The molecular formula is C18H8Cl5FN2O4. The zero-order valence-corrected chi connectivity index (χ0v) is 18.1. The first-order valence-electron chi connectivity index (χ1n) is 7.62. The summed E-state index contributed by atoms with van der Waals surface area (Å²) in [5, 5.41) is 17.1. The van der Waals surface area contributed by atoms with Gasteiger partial charge in [-0.3, -0.25) is 0 Å². The van der Waals surface area contributed by atoms with Crippen LogP contribution in [0.5, 0.6) is 0 Å². The lowest BCUT2D eigenvalue weighted by Gasteiger charge is -2.07. The van der Waals surface area contributed by atoms with Crippen molar-refractivity contribution in [2.45, 2.75) is 0 Å². The number of carboxylic acids is 2. The smallest absolute Gasteiger partial charge is 0.338 e. The van der Waals surface area contributed by atoms with Gasteiger partial charge in [-0.05, 0) is 24.3 Å². The second kappa shape index (κ2) is 10.2. The predicted molar refractivity (Wildman–Crippen MR) is 113 cm³/mol. The number of carbonyl (C=O) groups is 2. The van der Waals surface area contributed by atoms with Crippen LogP contribution < -0.4 is 0 Å². The number of aromatic nitrogens is 2. The summed E-state index contributed by atoms with van der Waals surface area (Å²) in [6, 6.07) is 8.20. The van der Waals surface area contributed by atoms with Crippen molar-refractivity contribution in [3.05, 3.63) is 78.8 Å². The second-order valence-electron chi connectivity index (χ2n) is 5.35. The highest BCUT2D eigenvalue weighted by Gasteiger charge is 2.17. The van der Waals surface area contributed by atoms with E-state index in [1.54, 1.807) is 6.07 Å². The number of halogens is 6. The minimum absolute atomic E-state index is 0.00772. The lowest BCUT2D eigenvalue weighted by atomic mass is 10.1. The molecule has 0 aliphatic rings. The monoisotopic (exact) mass is 510 g/mol. The summed E-state index contributed by atoms with van der Waals surface area (Å²) in [6.45, 7) is 0. The maximum atomic E-state index is 13.6. The van der Waals surface area contributed by atoms with Crippen LogP contribution >= 0.6 is 58.0 Å². The quantitative estimate of drug-likeness (QED) is 0.382. The third-order valence-electron chi connectivity index (χ3n) is 3.41. The summed E-state index contributed by atoms with van der Waals surface area (Å²) < 4.78 is 13.6. The Balaban J connectivity index is 0.000000232. The molecule has 0 aliphatic carbocycles. The Morgan fingerprint density at radius 2 is 1.27 bits per heavy atom. The fraction of sp³-hybridized carbons (Fsp3) is 0. The maximum Gasteiger partial charge on any atom is 0.338 e. The summed E-state index contributed by atoms with van der Waals surface area (Å²) in [6.07, 6.45) is 0. The molecule has 0 bridgehead atoms. The van der Waals surface area contributed by atoms with Crippen molar-refractivity contribution in [1.29, 1.82) is 0 Å². The number of hydrogen-bond donors (Lipinski definition) is 2. The topological polar surface area (TPSA) is 100 Å². The first-order chi connectivity index (χ1) is 14.0. The average molecular weight is 513 g/mol. The SMILES string of the molecule is O=C(O)c1cc(Cl)c(-c2ccccc2F)nc1Cl.O=C(O)c1cc(Cl)c(Cl)nc1Cl. The molecule has 0 fully saturated rings. The Morgan fingerprint density at radius 1 is 0.767 bits per heavy atom. The van der Waals surface area contributed by atoms with Crippen molar-refractivity contribution < 1.29 is 24.2 Å². The lowest BCUT2D eigenvalue weighted by molar-refractivity contribution is 0.0685. The van der Waals surface area contributed by atoms with Crippen molar-refractivity contribution in [2.75, 3.05) is 0 Å². The van der Waals surface area contributed by atoms with Crippen LogP contribution in [0.25, 0.3) is 11.3 Å². The van der Waals surface area contributed by atoms with E-state index in [1.807, 2.05) is 0 Å². The molecule has 0 aliphatic heterocycles. The Kier molecular flexibility index (Phi) is 8.23. The second-order valence-corrected chi connectivity index (χ2v) is 7.24. The molecule has 6 nitrogen and oxygen atoms in total. The van der Waals surface area contributed by atoms with E-state index in [4.69, 9.17) is 68.2 Å². The van der Waals surface area contributed by atoms with Crippen LogP contribution in [-0.2, 0) is 0 Å². The molecular weight excluding hydrogens is 504 g/mol. The number of carboxylic acid groups (broad SMARTS) is 2. The van der Waals surface area contributed by atoms with Crippen LogP contribution in [-0.4, -0.2) is 32.1 Å². The fourth-order valence-corrected chi connectivity index (χ4v) is 3.08. The summed E-state index contributed by atoms with van der Waals surface area (Å²) in [7, 11) is 0. The zero-order chi connectivity index (χ0) is 22.6. The maximum absolute atomic E-state index is 13.6. The van der Waals surface area contributed by atoms with Gasteiger partial charge in [0.2, 0.25) is 0 Å². The summed E-state index contributed by atoms with van der Waals surface area (Å²) >= 11 is 28.1. The first kappa shape index (κ1) is 24.1. The van der Waals surface area contributed by atoms with E-state index < -0.39 is 17.8 Å². The van der Waals surface area contributed by atoms with Gasteiger partial charge in [0.1, 0.15) is 21.3 Å². The highest BCUT2D eigenvalue weighted by molar-refractivity contribution is 6.42. The molecule has 3 rings (SSSR count). The standard InChI is InChI=1S/C12H6Cl2FNO2.C6H2Cl3NO2/c13-8-5-7(12(17)18)11(14)16-10(8)6-3-1-2-4-9(6)15;7-3-1-2(6(11)12)4(8)10-5(3)9/h1-5H,(H,17,18);1H,(H,11,12). The van der Waals surface area contributed by atoms with E-state index in [0.29, 0.717) is 0 Å². The first-order valence-corrected chi connectivity index (χ1v) is 9.51. The van der Waals surface area contributed by atoms with Gasteiger partial charge in [-0.2, -0.15) is 0 Å². The third-order valence-corrected chi connectivity index (χ3v) is 4.94. The van der Waals surface area contributed by atoms with Crippen LogP contribution in [0.2, 0.25) is 25.5 Å². The molecule has 2 heterocycles. The highest BCUT2D eigenvalue weighted by Crippen LogP contribution is 2.31. The van der Waals surface area contributed by atoms with Gasteiger partial charge < -0.3 is 10.2 Å². The largest absolute Gasteiger partial charge is 0.478 e. The van der Waals surface area contributed by atoms with Crippen molar-refractivity contribution >= 4 is 69.9 Å². The van der Waals surface area contributed by atoms with E-state index in [-0.39, 0.29) is 47.9 Å². The van der Waals surface area contributed by atoms with Gasteiger partial charge in [-0.25, -0.2) is 23.9 Å². The molecule has 0 saturated heterocycles. The number of pyridine rings is 2. The van der Waals surface area contributed by atoms with Crippen LogP contribution in [0.4, 0.5) is 4.39 Å². The summed E-state index contributed by atoms with van der Waals surface area (Å²) in [4.78, 5) is 28.6. The third kappa shape index (κ3) is 5.71. The number of aromatic carboxylic acids is 2. The molecule has 156 valence electrons. The van der Waals surface area contributed by atoms with E-state index in [0.717, 1.165) is 12.1 Å². The predicted octanol–water partition coefficient (Wildman–Crippen LogP) is 6.63. The lowest BCUT2D eigenvalue weighted by Crippen LogP contribution is -2.01. The van der Waals surface area contributed by atoms with E-state index >= 15 is 0 Å². The Labute approximate surface area is 193 Å². The molecule has 0 atom stereocenters. The molecule has 2 aromatic heterocycles. The van der Waals surface area contributed by atoms with Gasteiger partial charge in [0.15, 0.2) is 0 Å². The summed E-state index contributed by atoms with van der Waals surface area (Å²) in [5.41, 5.74) is -0.0982. The van der Waals surface area contributed by atoms with Crippen LogP contribution in [0.3, 0.4) is 0 Å². The van der Waals surface area contributed by atoms with Gasteiger partial charge >= 0.3 is 11.9 Å². The van der Waals surface area contributed by atoms with Gasteiger partial charge in [-0.1, -0.05) is 70.1 Å². The fourth-order valence-electron chi connectivity index (χ4n) is 2.05.